The Morgan fingerprint density at radius 2 is 2.22 bits per heavy atom. The number of carbonyl (C=O) groups is 1. The lowest BCUT2D eigenvalue weighted by Gasteiger charge is -2.23. The van der Waals surface area contributed by atoms with E-state index in [4.69, 9.17) is 8.94 Å². The topological polar surface area (TPSA) is 84.4 Å². The van der Waals surface area contributed by atoms with E-state index in [9.17, 15) is 4.79 Å². The van der Waals surface area contributed by atoms with E-state index in [0.29, 0.717) is 24.8 Å². The van der Waals surface area contributed by atoms with Crippen molar-refractivity contribution in [1.82, 2.24) is 20.4 Å². The first-order valence-corrected chi connectivity index (χ1v) is 7.98. The van der Waals surface area contributed by atoms with E-state index in [2.05, 4.69) is 15.5 Å². The molecule has 0 bridgehead atoms. The molecule has 0 spiro atoms. The highest BCUT2D eigenvalue weighted by Crippen LogP contribution is 2.16. The van der Waals surface area contributed by atoms with Gasteiger partial charge >= 0.3 is 0 Å². The van der Waals surface area contributed by atoms with Gasteiger partial charge in [-0.1, -0.05) is 5.16 Å². The van der Waals surface area contributed by atoms with Gasteiger partial charge in [0.05, 0.1) is 12.6 Å². The van der Waals surface area contributed by atoms with E-state index in [0.717, 1.165) is 37.3 Å². The fraction of sp³-hybridized carbons (Fsp3) is 0.562. The van der Waals surface area contributed by atoms with Gasteiger partial charge in [0.2, 0.25) is 11.8 Å². The molecule has 1 unspecified atom stereocenters. The number of aromatic nitrogens is 2. The first-order valence-electron chi connectivity index (χ1n) is 7.98. The van der Waals surface area contributed by atoms with Crippen LogP contribution in [0.4, 0.5) is 0 Å². The summed E-state index contributed by atoms with van der Waals surface area (Å²) in [7, 11) is 0. The Hall–Kier alpha value is -2.15. The van der Waals surface area contributed by atoms with Gasteiger partial charge in [-0.25, -0.2) is 0 Å². The summed E-state index contributed by atoms with van der Waals surface area (Å²) in [5, 5.41) is 7.09. The van der Waals surface area contributed by atoms with E-state index in [1.54, 1.807) is 11.8 Å². The summed E-state index contributed by atoms with van der Waals surface area (Å²) in [4.78, 5) is 18.7. The molecule has 1 aliphatic heterocycles. The molecule has 0 aliphatic carbocycles. The predicted octanol–water partition coefficient (Wildman–Crippen LogP) is 1.95. The van der Waals surface area contributed by atoms with Crippen molar-refractivity contribution in [2.24, 2.45) is 0 Å². The van der Waals surface area contributed by atoms with Gasteiger partial charge in [0.25, 0.3) is 0 Å². The van der Waals surface area contributed by atoms with Crippen molar-refractivity contribution in [3.63, 3.8) is 0 Å². The minimum Gasteiger partial charge on any atom is -0.465 e. The molecule has 1 N–H and O–H groups in total. The van der Waals surface area contributed by atoms with Crippen molar-refractivity contribution < 1.29 is 13.7 Å². The molecular weight excluding hydrogens is 296 g/mol. The molecule has 23 heavy (non-hydrogen) atoms. The summed E-state index contributed by atoms with van der Waals surface area (Å²) in [5.74, 6) is 2.88. The zero-order chi connectivity index (χ0) is 16.2. The molecule has 2 aromatic rings. The van der Waals surface area contributed by atoms with Crippen LogP contribution < -0.4 is 5.32 Å². The normalized spacial score (nSPS) is 19.1. The zero-order valence-electron chi connectivity index (χ0n) is 13.5. The van der Waals surface area contributed by atoms with E-state index in [-0.39, 0.29) is 11.9 Å². The van der Waals surface area contributed by atoms with Crippen molar-refractivity contribution in [3.8, 4) is 0 Å². The van der Waals surface area contributed by atoms with Gasteiger partial charge in [0.15, 0.2) is 5.82 Å². The maximum Gasteiger partial charge on any atom is 0.246 e. The third-order valence-electron chi connectivity index (χ3n) is 4.00. The third-order valence-corrected chi connectivity index (χ3v) is 4.00. The van der Waals surface area contributed by atoms with Crippen molar-refractivity contribution >= 4 is 5.91 Å². The Labute approximate surface area is 135 Å². The Morgan fingerprint density at radius 3 is 2.91 bits per heavy atom. The van der Waals surface area contributed by atoms with Crippen LogP contribution in [0.2, 0.25) is 0 Å². The molecule has 1 aliphatic rings. The van der Waals surface area contributed by atoms with Crippen LogP contribution >= 0.6 is 0 Å². The van der Waals surface area contributed by atoms with Crippen molar-refractivity contribution in [1.29, 1.82) is 0 Å². The summed E-state index contributed by atoms with van der Waals surface area (Å²) in [6.07, 6.45) is 2.83. The van der Waals surface area contributed by atoms with Crippen LogP contribution in [0.1, 0.15) is 42.5 Å². The second-order valence-electron chi connectivity index (χ2n) is 5.94. The number of carbonyl (C=O) groups excluding carboxylic acids is 1. The number of hydrogen-bond donors (Lipinski definition) is 1. The van der Waals surface area contributed by atoms with Gasteiger partial charge < -0.3 is 13.8 Å². The highest BCUT2D eigenvalue weighted by atomic mass is 16.5. The molecule has 7 nitrogen and oxygen atoms in total. The molecule has 0 aromatic carbocycles. The van der Waals surface area contributed by atoms with Gasteiger partial charge in [-0.15, -0.1) is 0 Å². The monoisotopic (exact) mass is 318 g/mol. The molecule has 3 rings (SSSR count). The zero-order valence-corrected chi connectivity index (χ0v) is 13.5. The lowest BCUT2D eigenvalue weighted by atomic mass is 10.1. The molecule has 1 fully saturated rings. The number of hydrogen-bond acceptors (Lipinski definition) is 6. The molecule has 3 heterocycles. The van der Waals surface area contributed by atoms with E-state index >= 15 is 0 Å². The van der Waals surface area contributed by atoms with Crippen molar-refractivity contribution in [2.45, 2.75) is 52.2 Å². The molecule has 1 atom stereocenters. The quantitative estimate of drug-likeness (QED) is 0.907. The molecular formula is C16H22N4O3. The van der Waals surface area contributed by atoms with Crippen LogP contribution in [0.3, 0.4) is 0 Å². The van der Waals surface area contributed by atoms with Crippen LogP contribution in [0.5, 0.6) is 0 Å². The van der Waals surface area contributed by atoms with Crippen LogP contribution in [0.15, 0.2) is 21.1 Å². The summed E-state index contributed by atoms with van der Waals surface area (Å²) in [5.41, 5.74) is 0. The van der Waals surface area contributed by atoms with Gasteiger partial charge in [-0.2, -0.15) is 4.98 Å². The summed E-state index contributed by atoms with van der Waals surface area (Å²) >= 11 is 0. The standard InChI is InChI=1S/C16H22N4O3/c1-11-6-7-13(22-11)9-17-14-5-3-4-8-20(16(14)21)10-15-18-12(2)19-23-15/h6-7,14,17H,3-5,8-10H2,1-2H3. The van der Waals surface area contributed by atoms with Crippen molar-refractivity contribution in [2.75, 3.05) is 6.54 Å². The average molecular weight is 318 g/mol. The first-order chi connectivity index (χ1) is 11.1. The van der Waals surface area contributed by atoms with Gasteiger partial charge in [0.1, 0.15) is 18.1 Å². The number of amides is 1. The molecule has 0 saturated carbocycles. The van der Waals surface area contributed by atoms with Crippen LogP contribution in [0.25, 0.3) is 0 Å². The molecule has 1 amide bonds. The molecule has 2 aromatic heterocycles. The minimum absolute atomic E-state index is 0.0848. The maximum atomic E-state index is 12.7. The Balaban J connectivity index is 1.62. The maximum absolute atomic E-state index is 12.7. The minimum atomic E-state index is -0.202. The molecule has 1 saturated heterocycles. The SMILES string of the molecule is Cc1noc(CN2CCCCC(NCc3ccc(C)o3)C2=O)n1. The van der Waals surface area contributed by atoms with Crippen molar-refractivity contribution in [3.05, 3.63) is 35.4 Å². The number of nitrogens with zero attached hydrogens (tertiary/aromatic N) is 3. The van der Waals surface area contributed by atoms with Gasteiger partial charge in [0, 0.05) is 6.54 Å². The van der Waals surface area contributed by atoms with E-state index in [1.807, 2.05) is 19.1 Å². The Bertz CT molecular complexity index is 664. The smallest absolute Gasteiger partial charge is 0.246 e. The second-order valence-corrected chi connectivity index (χ2v) is 5.94. The average Bonchev–Trinajstić information content (AvgIpc) is 3.08. The third kappa shape index (κ3) is 3.98. The van der Waals surface area contributed by atoms with Crippen LogP contribution in [0, 0.1) is 13.8 Å². The second kappa shape index (κ2) is 6.95. The molecule has 124 valence electrons. The highest BCUT2D eigenvalue weighted by Gasteiger charge is 2.28. The molecule has 0 radical (unpaired) electrons. The van der Waals surface area contributed by atoms with Gasteiger partial charge in [-0.05, 0) is 45.2 Å². The number of nitrogens with one attached hydrogen (secondary N) is 1. The fourth-order valence-electron chi connectivity index (χ4n) is 2.82. The fourth-order valence-corrected chi connectivity index (χ4v) is 2.82. The number of likely N-dealkylation sites (tertiary alicyclic amines) is 1. The molecule has 7 heteroatoms. The Kier molecular flexibility index (Phi) is 4.76. The highest BCUT2D eigenvalue weighted by molar-refractivity contribution is 5.82. The number of aryl methyl sites for hydroxylation is 2. The lowest BCUT2D eigenvalue weighted by molar-refractivity contribution is -0.133. The predicted molar refractivity (Wildman–Crippen MR) is 82.4 cm³/mol. The number of furan rings is 1. The first kappa shape index (κ1) is 15.7. The lowest BCUT2D eigenvalue weighted by Crippen LogP contribution is -2.44. The largest absolute Gasteiger partial charge is 0.465 e. The summed E-state index contributed by atoms with van der Waals surface area (Å²) < 4.78 is 10.7. The Morgan fingerprint density at radius 1 is 1.35 bits per heavy atom. The van der Waals surface area contributed by atoms with Gasteiger partial charge in [-0.3, -0.25) is 10.1 Å². The summed E-state index contributed by atoms with van der Waals surface area (Å²) in [6, 6.07) is 3.66. The van der Waals surface area contributed by atoms with E-state index < -0.39 is 0 Å². The van der Waals surface area contributed by atoms with Crippen LogP contribution in [-0.2, 0) is 17.9 Å². The summed E-state index contributed by atoms with van der Waals surface area (Å²) in [6.45, 7) is 5.33. The van der Waals surface area contributed by atoms with E-state index in [1.165, 1.54) is 0 Å². The number of rotatable bonds is 5. The van der Waals surface area contributed by atoms with Crippen LogP contribution in [-0.4, -0.2) is 33.5 Å².